The van der Waals surface area contributed by atoms with Crippen molar-refractivity contribution in [3.63, 3.8) is 0 Å². The third kappa shape index (κ3) is 2.57. The van der Waals surface area contributed by atoms with Crippen molar-refractivity contribution in [3.05, 3.63) is 33.3 Å². The van der Waals surface area contributed by atoms with E-state index in [0.29, 0.717) is 16.6 Å². The van der Waals surface area contributed by atoms with Gasteiger partial charge in [-0.05, 0) is 36.6 Å². The Kier molecular flexibility index (Phi) is 3.61. The molecule has 0 spiro atoms. The summed E-state index contributed by atoms with van der Waals surface area (Å²) in [6.45, 7) is 2.98. The summed E-state index contributed by atoms with van der Waals surface area (Å²) in [5.74, 6) is -0.807. The molecule has 1 heterocycles. The highest BCUT2D eigenvalue weighted by Crippen LogP contribution is 2.30. The van der Waals surface area contributed by atoms with Gasteiger partial charge < -0.3 is 5.11 Å². The van der Waals surface area contributed by atoms with E-state index >= 15 is 0 Å². The van der Waals surface area contributed by atoms with Crippen molar-refractivity contribution in [2.75, 3.05) is 6.54 Å². The van der Waals surface area contributed by atoms with Crippen LogP contribution in [0.25, 0.3) is 0 Å². The van der Waals surface area contributed by atoms with E-state index in [0.717, 1.165) is 24.1 Å². The van der Waals surface area contributed by atoms with Gasteiger partial charge >= 0.3 is 5.97 Å². The standard InChI is InChI=1S/C12H13Cl2NO2/c1-7(12(16)17)15-3-2-8-4-9(13)5-11(14)10(8)6-15/h4-5,7H,2-3,6H2,1H3,(H,16,17)/t7-/m1/s1. The van der Waals surface area contributed by atoms with Crippen molar-refractivity contribution in [3.8, 4) is 0 Å². The van der Waals surface area contributed by atoms with Crippen LogP contribution in [0.15, 0.2) is 12.1 Å². The molecule has 0 saturated carbocycles. The van der Waals surface area contributed by atoms with E-state index in [1.165, 1.54) is 0 Å². The van der Waals surface area contributed by atoms with E-state index in [1.54, 1.807) is 13.0 Å². The Morgan fingerprint density at radius 3 is 2.82 bits per heavy atom. The maximum Gasteiger partial charge on any atom is 0.320 e. The lowest BCUT2D eigenvalue weighted by Gasteiger charge is -2.32. The van der Waals surface area contributed by atoms with Gasteiger partial charge in [0, 0.05) is 23.1 Å². The molecule has 1 N–H and O–H groups in total. The fourth-order valence-electron chi connectivity index (χ4n) is 2.09. The van der Waals surface area contributed by atoms with E-state index in [4.69, 9.17) is 28.3 Å². The van der Waals surface area contributed by atoms with Crippen LogP contribution >= 0.6 is 23.2 Å². The van der Waals surface area contributed by atoms with Gasteiger partial charge in [-0.25, -0.2) is 0 Å². The molecule has 0 fully saturated rings. The second-order valence-corrected chi connectivity index (χ2v) is 5.10. The zero-order chi connectivity index (χ0) is 12.6. The Balaban J connectivity index is 2.27. The predicted molar refractivity (Wildman–Crippen MR) is 67.7 cm³/mol. The highest BCUT2D eigenvalue weighted by Gasteiger charge is 2.26. The zero-order valence-electron chi connectivity index (χ0n) is 9.41. The number of carbonyl (C=O) groups is 1. The van der Waals surface area contributed by atoms with Gasteiger partial charge in [-0.2, -0.15) is 0 Å². The molecule has 0 radical (unpaired) electrons. The molecule has 0 amide bonds. The van der Waals surface area contributed by atoms with Crippen molar-refractivity contribution < 1.29 is 9.90 Å². The fourth-order valence-corrected chi connectivity index (χ4v) is 2.69. The Bertz CT molecular complexity index is 462. The second-order valence-electron chi connectivity index (χ2n) is 4.26. The summed E-state index contributed by atoms with van der Waals surface area (Å²) >= 11 is 12.1. The molecule has 2 rings (SSSR count). The molecule has 0 saturated heterocycles. The smallest absolute Gasteiger partial charge is 0.320 e. The molecule has 0 unspecified atom stereocenters. The maximum atomic E-state index is 11.0. The molecule has 1 aliphatic heterocycles. The van der Waals surface area contributed by atoms with Gasteiger partial charge in [0.2, 0.25) is 0 Å². The third-order valence-electron chi connectivity index (χ3n) is 3.19. The topological polar surface area (TPSA) is 40.5 Å². The normalized spacial score (nSPS) is 17.6. The van der Waals surface area contributed by atoms with E-state index in [-0.39, 0.29) is 0 Å². The average Bonchev–Trinajstić information content (AvgIpc) is 2.27. The summed E-state index contributed by atoms with van der Waals surface area (Å²) in [5, 5.41) is 10.3. The fraction of sp³-hybridized carbons (Fsp3) is 0.417. The summed E-state index contributed by atoms with van der Waals surface area (Å²) in [6, 6.07) is 3.12. The SMILES string of the molecule is C[C@H](C(=O)O)N1CCc2cc(Cl)cc(Cl)c2C1. The van der Waals surface area contributed by atoms with Gasteiger partial charge in [0.05, 0.1) is 0 Å². The average molecular weight is 274 g/mol. The lowest BCUT2D eigenvalue weighted by Crippen LogP contribution is -2.42. The molecule has 17 heavy (non-hydrogen) atoms. The lowest BCUT2D eigenvalue weighted by atomic mass is 9.98. The Labute approximate surface area is 110 Å². The largest absolute Gasteiger partial charge is 0.480 e. The monoisotopic (exact) mass is 273 g/mol. The molecular weight excluding hydrogens is 261 g/mol. The minimum absolute atomic E-state index is 0.491. The van der Waals surface area contributed by atoms with Crippen molar-refractivity contribution in [2.45, 2.75) is 25.9 Å². The quantitative estimate of drug-likeness (QED) is 0.901. The van der Waals surface area contributed by atoms with Crippen LogP contribution in [0.4, 0.5) is 0 Å². The molecule has 5 heteroatoms. The van der Waals surface area contributed by atoms with Crippen LogP contribution in [0.2, 0.25) is 10.0 Å². The molecule has 1 aromatic carbocycles. The Morgan fingerprint density at radius 2 is 2.18 bits per heavy atom. The first-order chi connectivity index (χ1) is 7.99. The van der Waals surface area contributed by atoms with Crippen LogP contribution in [-0.4, -0.2) is 28.6 Å². The summed E-state index contributed by atoms with van der Waals surface area (Å²) in [7, 11) is 0. The Morgan fingerprint density at radius 1 is 1.47 bits per heavy atom. The zero-order valence-corrected chi connectivity index (χ0v) is 10.9. The predicted octanol–water partition coefficient (Wildman–Crippen LogP) is 2.82. The van der Waals surface area contributed by atoms with Crippen LogP contribution in [-0.2, 0) is 17.8 Å². The summed E-state index contributed by atoms with van der Waals surface area (Å²) in [6.07, 6.45) is 0.785. The number of carboxylic acid groups (broad SMARTS) is 1. The van der Waals surface area contributed by atoms with Gasteiger partial charge in [0.1, 0.15) is 6.04 Å². The molecule has 1 atom stereocenters. The van der Waals surface area contributed by atoms with Gasteiger partial charge in [0.15, 0.2) is 0 Å². The highest BCUT2D eigenvalue weighted by atomic mass is 35.5. The Hall–Kier alpha value is -0.770. The number of carboxylic acids is 1. The minimum Gasteiger partial charge on any atom is -0.480 e. The van der Waals surface area contributed by atoms with Crippen LogP contribution in [0.1, 0.15) is 18.1 Å². The molecule has 1 aliphatic rings. The van der Waals surface area contributed by atoms with Crippen molar-refractivity contribution in [1.82, 2.24) is 4.90 Å². The summed E-state index contributed by atoms with van der Waals surface area (Å²) < 4.78 is 0. The van der Waals surface area contributed by atoms with Gasteiger partial charge in [-0.1, -0.05) is 23.2 Å². The number of rotatable bonds is 2. The number of halogens is 2. The van der Waals surface area contributed by atoms with E-state index in [2.05, 4.69) is 0 Å². The second kappa shape index (κ2) is 4.84. The van der Waals surface area contributed by atoms with Crippen LogP contribution in [0, 0.1) is 0 Å². The van der Waals surface area contributed by atoms with Gasteiger partial charge in [-0.15, -0.1) is 0 Å². The number of benzene rings is 1. The van der Waals surface area contributed by atoms with E-state index in [1.807, 2.05) is 11.0 Å². The third-order valence-corrected chi connectivity index (χ3v) is 3.74. The number of hydrogen-bond acceptors (Lipinski definition) is 2. The number of nitrogens with zero attached hydrogens (tertiary/aromatic N) is 1. The first-order valence-electron chi connectivity index (χ1n) is 5.42. The van der Waals surface area contributed by atoms with Crippen LogP contribution in [0.5, 0.6) is 0 Å². The van der Waals surface area contributed by atoms with E-state index < -0.39 is 12.0 Å². The highest BCUT2D eigenvalue weighted by molar-refractivity contribution is 6.35. The first kappa shape index (κ1) is 12.7. The number of hydrogen-bond donors (Lipinski definition) is 1. The minimum atomic E-state index is -0.807. The number of fused-ring (bicyclic) bond motifs is 1. The number of aliphatic carboxylic acids is 1. The maximum absolute atomic E-state index is 11.0. The molecule has 0 aromatic heterocycles. The summed E-state index contributed by atoms with van der Waals surface area (Å²) in [5.41, 5.74) is 2.12. The van der Waals surface area contributed by atoms with Crippen molar-refractivity contribution >= 4 is 29.2 Å². The first-order valence-corrected chi connectivity index (χ1v) is 6.18. The van der Waals surface area contributed by atoms with Gasteiger partial charge in [-0.3, -0.25) is 9.69 Å². The van der Waals surface area contributed by atoms with Crippen LogP contribution < -0.4 is 0 Å². The molecule has 1 aromatic rings. The van der Waals surface area contributed by atoms with Crippen molar-refractivity contribution in [2.24, 2.45) is 0 Å². The van der Waals surface area contributed by atoms with E-state index in [9.17, 15) is 4.79 Å². The van der Waals surface area contributed by atoms with Crippen molar-refractivity contribution in [1.29, 1.82) is 0 Å². The molecule has 0 aliphatic carbocycles. The molecular formula is C12H13Cl2NO2. The molecule has 92 valence electrons. The summed E-state index contributed by atoms with van der Waals surface area (Å²) in [4.78, 5) is 12.9. The molecule has 0 bridgehead atoms. The van der Waals surface area contributed by atoms with Crippen LogP contribution in [0.3, 0.4) is 0 Å². The van der Waals surface area contributed by atoms with Gasteiger partial charge in [0.25, 0.3) is 0 Å². The molecule has 3 nitrogen and oxygen atoms in total. The lowest BCUT2D eigenvalue weighted by molar-refractivity contribution is -0.143.